The van der Waals surface area contributed by atoms with Gasteiger partial charge in [0.1, 0.15) is 0 Å². The predicted octanol–water partition coefficient (Wildman–Crippen LogP) is 1.75. The number of amides is 2. The quantitative estimate of drug-likeness (QED) is 0.740. The van der Waals surface area contributed by atoms with Crippen molar-refractivity contribution in [3.8, 4) is 0 Å². The van der Waals surface area contributed by atoms with Crippen LogP contribution >= 0.6 is 0 Å². The number of carbonyl (C=O) groups excluding carboxylic acids is 2. The number of nitrogens with one attached hydrogen (secondary N) is 2. The Kier molecular flexibility index (Phi) is 6.18. The number of hydrogen-bond donors (Lipinski definition) is 3. The molecule has 5 nitrogen and oxygen atoms in total. The monoisotopic (exact) mass is 277 g/mol. The van der Waals surface area contributed by atoms with E-state index in [1.54, 1.807) is 38.1 Å². The van der Waals surface area contributed by atoms with E-state index < -0.39 is 0 Å². The molecule has 0 aliphatic carbocycles. The van der Waals surface area contributed by atoms with Crippen LogP contribution in [0.5, 0.6) is 0 Å². The minimum atomic E-state index is -0.262. The van der Waals surface area contributed by atoms with Gasteiger partial charge >= 0.3 is 0 Å². The molecule has 110 valence electrons. The van der Waals surface area contributed by atoms with Gasteiger partial charge in [0.15, 0.2) is 0 Å². The van der Waals surface area contributed by atoms with Gasteiger partial charge in [0, 0.05) is 23.8 Å². The first-order valence-electron chi connectivity index (χ1n) is 6.90. The second kappa shape index (κ2) is 7.65. The Hall–Kier alpha value is -1.88. The molecule has 0 saturated heterocycles. The van der Waals surface area contributed by atoms with Crippen LogP contribution in [0, 0.1) is 5.92 Å². The van der Waals surface area contributed by atoms with Crippen LogP contribution in [0.3, 0.4) is 0 Å². The van der Waals surface area contributed by atoms with E-state index >= 15 is 0 Å². The third-order valence-electron chi connectivity index (χ3n) is 3.15. The number of hydrogen-bond acceptors (Lipinski definition) is 3. The molecule has 1 aromatic carbocycles. The normalized spacial score (nSPS) is 13.4. The predicted molar refractivity (Wildman–Crippen MR) is 80.5 cm³/mol. The molecule has 0 spiro atoms. The second-order valence-corrected chi connectivity index (χ2v) is 4.97. The van der Waals surface area contributed by atoms with Crippen molar-refractivity contribution in [2.45, 2.75) is 33.2 Å². The van der Waals surface area contributed by atoms with Gasteiger partial charge < -0.3 is 16.4 Å². The van der Waals surface area contributed by atoms with Crippen molar-refractivity contribution in [1.29, 1.82) is 0 Å². The van der Waals surface area contributed by atoms with E-state index in [1.807, 2.05) is 6.92 Å². The molecule has 2 amide bonds. The molecule has 0 fully saturated rings. The summed E-state index contributed by atoms with van der Waals surface area (Å²) in [6.45, 7) is 6.24. The molecule has 2 atom stereocenters. The molecule has 0 aliphatic rings. The maximum absolute atomic E-state index is 11.8. The third-order valence-corrected chi connectivity index (χ3v) is 3.15. The van der Waals surface area contributed by atoms with Crippen LogP contribution in [0.25, 0.3) is 0 Å². The van der Waals surface area contributed by atoms with E-state index in [4.69, 9.17) is 5.73 Å². The zero-order chi connectivity index (χ0) is 15.1. The summed E-state index contributed by atoms with van der Waals surface area (Å²) in [4.78, 5) is 23.6. The molecule has 0 bridgehead atoms. The Bertz CT molecular complexity index is 455. The van der Waals surface area contributed by atoms with Crippen molar-refractivity contribution in [1.82, 2.24) is 5.32 Å². The molecule has 20 heavy (non-hydrogen) atoms. The lowest BCUT2D eigenvalue weighted by atomic mass is 10.0. The van der Waals surface area contributed by atoms with Gasteiger partial charge in [-0.2, -0.15) is 0 Å². The van der Waals surface area contributed by atoms with Crippen LogP contribution in [0.1, 0.15) is 37.6 Å². The lowest BCUT2D eigenvalue weighted by Crippen LogP contribution is -2.34. The largest absolute Gasteiger partial charge is 0.352 e. The average molecular weight is 277 g/mol. The highest BCUT2D eigenvalue weighted by molar-refractivity contribution is 5.96. The number of rotatable bonds is 6. The Labute approximate surface area is 119 Å². The van der Waals surface area contributed by atoms with Gasteiger partial charge in [0.2, 0.25) is 5.91 Å². The summed E-state index contributed by atoms with van der Waals surface area (Å²) in [5.74, 6) is -0.487. The van der Waals surface area contributed by atoms with E-state index in [9.17, 15) is 9.59 Å². The molecule has 0 heterocycles. The molecule has 0 aliphatic heterocycles. The molecule has 5 heteroatoms. The van der Waals surface area contributed by atoms with Gasteiger partial charge in [-0.05, 0) is 37.6 Å². The highest BCUT2D eigenvalue weighted by Crippen LogP contribution is 2.12. The van der Waals surface area contributed by atoms with Crippen molar-refractivity contribution in [2.75, 3.05) is 11.9 Å². The molecule has 1 rings (SSSR count). The van der Waals surface area contributed by atoms with Crippen molar-refractivity contribution >= 4 is 17.5 Å². The molecule has 0 radical (unpaired) electrons. The molecule has 1 aromatic rings. The molecular formula is C15H23N3O2. The number of benzene rings is 1. The Balaban J connectivity index is 2.63. The first-order valence-corrected chi connectivity index (χ1v) is 6.90. The van der Waals surface area contributed by atoms with E-state index in [-0.39, 0.29) is 23.8 Å². The maximum Gasteiger partial charge on any atom is 0.251 e. The minimum Gasteiger partial charge on any atom is -0.352 e. The molecular weight excluding hydrogens is 254 g/mol. The zero-order valence-electron chi connectivity index (χ0n) is 12.3. The van der Waals surface area contributed by atoms with Crippen LogP contribution in [0.15, 0.2) is 24.3 Å². The first-order chi connectivity index (χ1) is 9.45. The minimum absolute atomic E-state index is 0.103. The Morgan fingerprint density at radius 1 is 1.20 bits per heavy atom. The summed E-state index contributed by atoms with van der Waals surface area (Å²) in [6, 6.07) is 6.61. The van der Waals surface area contributed by atoms with Crippen molar-refractivity contribution in [3.63, 3.8) is 0 Å². The SMILES string of the molecule is CCCNC(=O)c1ccc(NC(=O)C(C)C(C)N)cc1. The lowest BCUT2D eigenvalue weighted by Gasteiger charge is -2.15. The highest BCUT2D eigenvalue weighted by atomic mass is 16.2. The van der Waals surface area contributed by atoms with Crippen LogP contribution < -0.4 is 16.4 Å². The smallest absolute Gasteiger partial charge is 0.251 e. The van der Waals surface area contributed by atoms with Crippen molar-refractivity contribution in [2.24, 2.45) is 11.7 Å². The molecule has 4 N–H and O–H groups in total. The van der Waals surface area contributed by atoms with Gasteiger partial charge in [-0.25, -0.2) is 0 Å². The zero-order valence-corrected chi connectivity index (χ0v) is 12.3. The average Bonchev–Trinajstić information content (AvgIpc) is 2.44. The topological polar surface area (TPSA) is 84.2 Å². The summed E-state index contributed by atoms with van der Waals surface area (Å²) in [5, 5.41) is 5.58. The fraction of sp³-hybridized carbons (Fsp3) is 0.467. The van der Waals surface area contributed by atoms with Crippen LogP contribution in [-0.4, -0.2) is 24.4 Å². The van der Waals surface area contributed by atoms with Gasteiger partial charge in [-0.3, -0.25) is 9.59 Å². The van der Waals surface area contributed by atoms with E-state index in [2.05, 4.69) is 10.6 Å². The Morgan fingerprint density at radius 2 is 1.80 bits per heavy atom. The van der Waals surface area contributed by atoms with E-state index in [0.717, 1.165) is 6.42 Å². The summed E-state index contributed by atoms with van der Waals surface area (Å²) in [7, 11) is 0. The number of anilines is 1. The summed E-state index contributed by atoms with van der Waals surface area (Å²) < 4.78 is 0. The fourth-order valence-electron chi connectivity index (χ4n) is 1.54. The van der Waals surface area contributed by atoms with Crippen molar-refractivity contribution in [3.05, 3.63) is 29.8 Å². The van der Waals surface area contributed by atoms with Gasteiger partial charge in [0.05, 0.1) is 5.92 Å². The first kappa shape index (κ1) is 16.2. The van der Waals surface area contributed by atoms with Crippen molar-refractivity contribution < 1.29 is 9.59 Å². The number of carbonyl (C=O) groups is 2. The van der Waals surface area contributed by atoms with Crippen LogP contribution in [0.2, 0.25) is 0 Å². The summed E-state index contributed by atoms with van der Waals surface area (Å²) in [6.07, 6.45) is 0.898. The Morgan fingerprint density at radius 3 is 2.30 bits per heavy atom. The van der Waals surface area contributed by atoms with Crippen LogP contribution in [0.4, 0.5) is 5.69 Å². The maximum atomic E-state index is 11.8. The molecule has 0 saturated carbocycles. The summed E-state index contributed by atoms with van der Waals surface area (Å²) >= 11 is 0. The standard InChI is InChI=1S/C15H23N3O2/c1-4-9-17-15(20)12-5-7-13(8-6-12)18-14(19)10(2)11(3)16/h5-8,10-11H,4,9,16H2,1-3H3,(H,17,20)(H,18,19). The van der Waals surface area contributed by atoms with E-state index in [1.165, 1.54) is 0 Å². The fourth-order valence-corrected chi connectivity index (χ4v) is 1.54. The van der Waals surface area contributed by atoms with Gasteiger partial charge in [0.25, 0.3) is 5.91 Å². The van der Waals surface area contributed by atoms with Gasteiger partial charge in [-0.15, -0.1) is 0 Å². The molecule has 2 unspecified atom stereocenters. The summed E-state index contributed by atoms with van der Waals surface area (Å²) in [5.41, 5.74) is 6.93. The third kappa shape index (κ3) is 4.66. The number of nitrogens with two attached hydrogens (primary N) is 1. The second-order valence-electron chi connectivity index (χ2n) is 4.97. The highest BCUT2D eigenvalue weighted by Gasteiger charge is 2.17. The lowest BCUT2D eigenvalue weighted by molar-refractivity contribution is -0.119. The molecule has 0 aromatic heterocycles. The van der Waals surface area contributed by atoms with E-state index in [0.29, 0.717) is 17.8 Å². The van der Waals surface area contributed by atoms with Crippen LogP contribution in [-0.2, 0) is 4.79 Å². The van der Waals surface area contributed by atoms with Gasteiger partial charge in [-0.1, -0.05) is 13.8 Å².